The number of aromatic nitrogens is 3. The first-order valence-electron chi connectivity index (χ1n) is 22.8. The number of ether oxygens (including phenoxy) is 1. The molecule has 67 heavy (non-hydrogen) atoms. The molecular formula is C44H59N9O12S2. The van der Waals surface area contributed by atoms with Gasteiger partial charge in [0.1, 0.15) is 33.2 Å². The van der Waals surface area contributed by atoms with Crippen LogP contribution in [0.1, 0.15) is 162 Å². The first-order valence-corrected chi connectivity index (χ1v) is 24.6. The number of carbonyl (C=O) groups is 7. The molecule has 1 spiro atoms. The summed E-state index contributed by atoms with van der Waals surface area (Å²) in [6, 6.07) is -1.97. The number of nitrogens with two attached hydrogens (primary N) is 1. The largest absolute Gasteiger partial charge is 0.479 e. The number of carbonyl (C=O) groups excluding carboxylic acids is 6. The number of carboxylic acid groups (broad SMARTS) is 1. The van der Waals surface area contributed by atoms with Crippen molar-refractivity contribution in [2.75, 3.05) is 0 Å². The first-order chi connectivity index (χ1) is 31.9. The third-order valence-electron chi connectivity index (χ3n) is 11.9. The zero-order valence-corrected chi connectivity index (χ0v) is 39.3. The highest BCUT2D eigenvalue weighted by Gasteiger charge is 2.57. The number of unbranched alkanes of at least 4 members (excludes halogenated alkanes) is 10. The second-order valence-corrected chi connectivity index (χ2v) is 19.3. The lowest BCUT2D eigenvalue weighted by Gasteiger charge is -2.31. The number of ketones is 1. The summed E-state index contributed by atoms with van der Waals surface area (Å²) < 4.78 is 11.6. The molecule has 5 heterocycles. The molecule has 3 aromatic rings. The van der Waals surface area contributed by atoms with Crippen LogP contribution in [0.25, 0.3) is 11.6 Å². The third kappa shape index (κ3) is 13.3. The van der Waals surface area contributed by atoms with Gasteiger partial charge in [-0.05, 0) is 39.0 Å². The van der Waals surface area contributed by atoms with E-state index in [-0.39, 0.29) is 53.8 Å². The molecule has 3 aromatic heterocycles. The lowest BCUT2D eigenvalue weighted by atomic mass is 9.99. The molecule has 4 bridgehead atoms. The number of thiazole rings is 2. The van der Waals surface area contributed by atoms with Crippen LogP contribution in [-0.4, -0.2) is 101 Å². The van der Waals surface area contributed by atoms with Gasteiger partial charge in [-0.25, -0.2) is 19.8 Å². The number of amides is 5. The Bertz CT molecular complexity index is 2340. The number of oxazole rings is 1. The topological polar surface area (TPSA) is 328 Å². The van der Waals surface area contributed by atoms with E-state index >= 15 is 0 Å². The fraction of sp³-hybridized carbons (Fsp3) is 0.614. The minimum absolute atomic E-state index is 0.00621. The molecule has 364 valence electrons. The molecule has 1 fully saturated rings. The van der Waals surface area contributed by atoms with Gasteiger partial charge in [0.25, 0.3) is 11.7 Å². The molecule has 2 unspecified atom stereocenters. The van der Waals surface area contributed by atoms with Crippen molar-refractivity contribution in [3.8, 4) is 17.5 Å². The van der Waals surface area contributed by atoms with Crippen LogP contribution in [0.3, 0.4) is 0 Å². The maximum absolute atomic E-state index is 14.0. The van der Waals surface area contributed by atoms with E-state index < -0.39 is 101 Å². The summed E-state index contributed by atoms with van der Waals surface area (Å²) in [4.78, 5) is 108. The van der Waals surface area contributed by atoms with E-state index in [0.717, 1.165) is 48.4 Å². The molecule has 23 heteroatoms. The number of aliphatic imine (C=N–C) groups is 1. The maximum atomic E-state index is 14.0. The molecule has 4 atom stereocenters. The number of fused-ring (bicyclic) bond motifs is 5. The van der Waals surface area contributed by atoms with Crippen LogP contribution in [0.15, 0.2) is 20.2 Å². The summed E-state index contributed by atoms with van der Waals surface area (Å²) in [6.45, 7) is 3.75. The van der Waals surface area contributed by atoms with Crippen LogP contribution < -0.4 is 27.0 Å². The van der Waals surface area contributed by atoms with Crippen molar-refractivity contribution < 1.29 is 58.0 Å². The number of primary amides is 1. The van der Waals surface area contributed by atoms with Crippen molar-refractivity contribution in [1.29, 1.82) is 0 Å². The van der Waals surface area contributed by atoms with Crippen molar-refractivity contribution in [3.05, 3.63) is 32.2 Å². The molecule has 0 radical (unpaired) electrons. The van der Waals surface area contributed by atoms with Crippen LogP contribution in [0, 0.1) is 0 Å². The zero-order chi connectivity index (χ0) is 48.4. The fourth-order valence-electron chi connectivity index (χ4n) is 8.05. The van der Waals surface area contributed by atoms with E-state index in [9.17, 15) is 48.9 Å². The molecule has 2 aliphatic heterocycles. The number of aromatic hydroxyl groups is 1. The number of carboxylic acids is 1. The van der Waals surface area contributed by atoms with Crippen LogP contribution in [0.5, 0.6) is 5.95 Å². The van der Waals surface area contributed by atoms with Crippen LogP contribution in [-0.2, 0) is 45.8 Å². The molecule has 6 rings (SSSR count). The smallest absolute Gasteiger partial charge is 0.362 e. The Hall–Kier alpha value is -5.65. The number of nitrogens with zero attached hydrogens (tertiary/aromatic N) is 4. The minimum Gasteiger partial charge on any atom is -0.479 e. The third-order valence-corrected chi connectivity index (χ3v) is 13.6. The van der Waals surface area contributed by atoms with E-state index in [2.05, 4.69) is 43.1 Å². The van der Waals surface area contributed by atoms with E-state index in [1.165, 1.54) is 49.3 Å². The van der Waals surface area contributed by atoms with Crippen molar-refractivity contribution in [3.63, 3.8) is 0 Å². The van der Waals surface area contributed by atoms with Gasteiger partial charge in [0.15, 0.2) is 11.5 Å². The average molecular weight is 970 g/mol. The van der Waals surface area contributed by atoms with Gasteiger partial charge in [0, 0.05) is 23.2 Å². The summed E-state index contributed by atoms with van der Waals surface area (Å²) in [5.41, 5.74) is 1.20. The van der Waals surface area contributed by atoms with Gasteiger partial charge in [-0.1, -0.05) is 71.1 Å². The van der Waals surface area contributed by atoms with E-state index in [1.807, 2.05) is 0 Å². The predicted octanol–water partition coefficient (Wildman–Crippen LogP) is 3.99. The second kappa shape index (κ2) is 22.4. The number of aromatic carboxylic acids is 1. The Kier molecular flexibility index (Phi) is 17.0. The summed E-state index contributed by atoms with van der Waals surface area (Å²) in [5, 5.41) is 46.1. The number of rotatable bonds is 23. The van der Waals surface area contributed by atoms with Crippen LogP contribution >= 0.6 is 22.7 Å². The van der Waals surface area contributed by atoms with Gasteiger partial charge in [-0.3, -0.25) is 28.8 Å². The minimum atomic E-state index is -2.50. The predicted molar refractivity (Wildman–Crippen MR) is 242 cm³/mol. The van der Waals surface area contributed by atoms with Crippen molar-refractivity contribution in [1.82, 2.24) is 36.2 Å². The van der Waals surface area contributed by atoms with E-state index in [1.54, 1.807) is 6.92 Å². The summed E-state index contributed by atoms with van der Waals surface area (Å²) in [5.74, 6) is -8.97. The number of Topliss-reactive ketones (excluding diaryl/α,β-unsaturated/α-hetero) is 1. The number of aliphatic hydroxyl groups is 1. The average Bonchev–Trinajstić information content (AvgIpc) is 3.66. The van der Waals surface area contributed by atoms with Crippen LogP contribution in [0.4, 0.5) is 0 Å². The van der Waals surface area contributed by atoms with Crippen molar-refractivity contribution in [2.24, 2.45) is 10.7 Å². The molecular weight excluding hydrogens is 911 g/mol. The quantitative estimate of drug-likeness (QED) is 0.0492. The standard InChI is InChI=1S/C44H59N9O12S2/c1-3-4-5-6-7-8-9-10-11-12-13-14-31(56)48-26(19-30(45)55)37(59)47-25(2)15-16-43-21-33(58)52-42(17-18-42)29(54)20-32(57)46-22-34-50-28(24-66-34)44(63,65-43)36(53-43)39-49-27(23-67-39)38-51-35(40(60)61)41(62)64-38/h23-26,62-63H,3-22H2,1-2H3,(H2,45,55)(H,46,57)(H,47,59)(H,48,56)(H,52,58)(H,60,61)/t25-,26+,43?,44?/m0/s1. The van der Waals surface area contributed by atoms with Gasteiger partial charge >= 0.3 is 11.9 Å². The fourth-order valence-corrected chi connectivity index (χ4v) is 9.64. The Balaban J connectivity index is 1.19. The van der Waals surface area contributed by atoms with Crippen molar-refractivity contribution in [2.45, 2.75) is 172 Å². The van der Waals surface area contributed by atoms with E-state index in [0.29, 0.717) is 24.3 Å². The Morgan fingerprint density at radius 1 is 0.925 bits per heavy atom. The second-order valence-electron chi connectivity index (χ2n) is 17.5. The Labute approximate surface area is 394 Å². The molecule has 1 saturated carbocycles. The Morgan fingerprint density at radius 3 is 2.25 bits per heavy atom. The molecule has 0 saturated heterocycles. The summed E-state index contributed by atoms with van der Waals surface area (Å²) in [7, 11) is 0. The molecule has 0 aromatic carbocycles. The summed E-state index contributed by atoms with van der Waals surface area (Å²) in [6.07, 6.45) is 11.4. The highest BCUT2D eigenvalue weighted by atomic mass is 32.1. The normalized spacial score (nSPS) is 21.1. The SMILES string of the molecule is CCCCCCCCCCCCCC(=O)N[C@H](CC(N)=O)C(=O)N[C@@H](C)CCC12CC(=O)NC3(CC3)C(=O)CC(=O)NCc3nc(cs3)C(O)(O1)C(c1nc(-c3nc(C(=O)O)c(O)o3)cs1)=N2. The lowest BCUT2D eigenvalue weighted by molar-refractivity contribution is -0.218. The first kappa shape index (κ1) is 50.8. The highest BCUT2D eigenvalue weighted by Crippen LogP contribution is 2.46. The zero-order valence-electron chi connectivity index (χ0n) is 37.7. The van der Waals surface area contributed by atoms with E-state index in [4.69, 9.17) is 19.9 Å². The molecule has 3 aliphatic rings. The number of nitrogens with one attached hydrogen (secondary N) is 4. The van der Waals surface area contributed by atoms with Gasteiger partial charge < -0.3 is 51.5 Å². The molecule has 9 N–H and O–H groups in total. The van der Waals surface area contributed by atoms with Gasteiger partial charge in [-0.2, -0.15) is 4.98 Å². The highest BCUT2D eigenvalue weighted by molar-refractivity contribution is 7.12. The van der Waals surface area contributed by atoms with Gasteiger partial charge in [0.05, 0.1) is 31.3 Å². The Morgan fingerprint density at radius 2 is 1.61 bits per heavy atom. The monoisotopic (exact) mass is 969 g/mol. The maximum Gasteiger partial charge on any atom is 0.362 e. The molecule has 21 nitrogen and oxygen atoms in total. The van der Waals surface area contributed by atoms with Crippen molar-refractivity contribution >= 4 is 69.7 Å². The molecule has 1 aliphatic carbocycles. The molecule has 5 amide bonds. The van der Waals surface area contributed by atoms with Crippen LogP contribution in [0.2, 0.25) is 0 Å². The van der Waals surface area contributed by atoms with Gasteiger partial charge in [0.2, 0.25) is 35.2 Å². The van der Waals surface area contributed by atoms with Gasteiger partial charge in [-0.15, -0.1) is 22.7 Å². The number of hydrogen-bond donors (Lipinski definition) is 8. The lowest BCUT2D eigenvalue weighted by Crippen LogP contribution is -2.51. The summed E-state index contributed by atoms with van der Waals surface area (Å²) >= 11 is 1.99. The number of hydrogen-bond acceptors (Lipinski definition) is 17.